The Hall–Kier alpha value is -2.11. The summed E-state index contributed by atoms with van der Waals surface area (Å²) in [6, 6.07) is 9.60. The summed E-state index contributed by atoms with van der Waals surface area (Å²) in [6.07, 6.45) is 0. The number of aryl methyl sites for hydroxylation is 1. The van der Waals surface area contributed by atoms with E-state index in [4.69, 9.17) is 9.47 Å². The molecule has 26 heavy (non-hydrogen) atoms. The highest BCUT2D eigenvalue weighted by Gasteiger charge is 2.22. The highest BCUT2D eigenvalue weighted by Crippen LogP contribution is 2.31. The molecule has 2 aromatic rings. The van der Waals surface area contributed by atoms with E-state index in [1.165, 1.54) is 22.9 Å². The van der Waals surface area contributed by atoms with Gasteiger partial charge in [0.2, 0.25) is 0 Å². The van der Waals surface area contributed by atoms with Crippen molar-refractivity contribution in [1.29, 1.82) is 0 Å². The number of ether oxygens (including phenoxy) is 2. The molecule has 1 saturated heterocycles. The van der Waals surface area contributed by atoms with E-state index in [-0.39, 0.29) is 12.6 Å². The lowest BCUT2D eigenvalue weighted by atomic mass is 10.1. The van der Waals surface area contributed by atoms with Gasteiger partial charge in [0.25, 0.3) is 0 Å². The third kappa shape index (κ3) is 3.41. The van der Waals surface area contributed by atoms with Crippen molar-refractivity contribution in [3.63, 3.8) is 0 Å². The summed E-state index contributed by atoms with van der Waals surface area (Å²) in [5, 5.41) is 0. The number of hydrogen-bond donors (Lipinski definition) is 0. The van der Waals surface area contributed by atoms with Crippen LogP contribution in [0.3, 0.4) is 0 Å². The molecule has 0 unspecified atom stereocenters. The molecule has 0 N–H and O–H groups in total. The molecule has 2 aliphatic heterocycles. The van der Waals surface area contributed by atoms with Crippen molar-refractivity contribution in [2.75, 3.05) is 37.9 Å². The second-order valence-electron chi connectivity index (χ2n) is 7.15. The molecule has 1 fully saturated rings. The summed E-state index contributed by atoms with van der Waals surface area (Å²) < 4.78 is 24.9. The Labute approximate surface area is 154 Å². The Morgan fingerprint density at radius 2 is 1.88 bits per heavy atom. The second kappa shape index (κ2) is 7.25. The number of fused-ring (bicyclic) bond motifs is 1. The van der Waals surface area contributed by atoms with Crippen LogP contribution in [0.15, 0.2) is 30.3 Å². The number of hydrogen-bond acceptors (Lipinski definition) is 4. The molecule has 138 valence electrons. The molecule has 0 amide bonds. The van der Waals surface area contributed by atoms with Gasteiger partial charge in [0.05, 0.1) is 6.61 Å². The first-order valence-corrected chi connectivity index (χ1v) is 9.17. The lowest BCUT2D eigenvalue weighted by Gasteiger charge is -2.37. The third-order valence-corrected chi connectivity index (χ3v) is 5.43. The fourth-order valence-electron chi connectivity index (χ4n) is 3.84. The molecule has 0 aromatic heterocycles. The van der Waals surface area contributed by atoms with E-state index < -0.39 is 0 Å². The Balaban J connectivity index is 1.45. The Morgan fingerprint density at radius 3 is 2.69 bits per heavy atom. The van der Waals surface area contributed by atoms with Crippen LogP contribution in [-0.4, -0.2) is 37.9 Å². The van der Waals surface area contributed by atoms with E-state index in [2.05, 4.69) is 41.8 Å². The SMILES string of the molecule is Cc1cccc(N2CCN(Cc3cc(F)cc4c3OCOC4)CC2)c1C. The Kier molecular flexibility index (Phi) is 4.83. The number of nitrogens with zero attached hydrogens (tertiary/aromatic N) is 2. The molecule has 5 heteroatoms. The molecule has 4 rings (SSSR count). The fraction of sp³-hybridized carbons (Fsp3) is 0.429. The number of piperazine rings is 1. The zero-order chi connectivity index (χ0) is 18.1. The maximum Gasteiger partial charge on any atom is 0.189 e. The topological polar surface area (TPSA) is 24.9 Å². The first-order chi connectivity index (χ1) is 12.6. The first kappa shape index (κ1) is 17.3. The van der Waals surface area contributed by atoms with E-state index in [9.17, 15) is 4.39 Å². The summed E-state index contributed by atoms with van der Waals surface area (Å²) >= 11 is 0. The number of rotatable bonds is 3. The van der Waals surface area contributed by atoms with Crippen LogP contribution in [0.1, 0.15) is 22.3 Å². The molecular weight excluding hydrogens is 331 g/mol. The van der Waals surface area contributed by atoms with Crippen LogP contribution in [-0.2, 0) is 17.9 Å². The zero-order valence-electron chi connectivity index (χ0n) is 15.4. The van der Waals surface area contributed by atoms with Crippen LogP contribution in [0.25, 0.3) is 0 Å². The van der Waals surface area contributed by atoms with E-state index in [0.29, 0.717) is 13.2 Å². The average Bonchev–Trinajstić information content (AvgIpc) is 2.65. The molecule has 0 radical (unpaired) electrons. The predicted molar refractivity (Wildman–Crippen MR) is 100 cm³/mol. The van der Waals surface area contributed by atoms with Crippen molar-refractivity contribution in [3.8, 4) is 5.75 Å². The van der Waals surface area contributed by atoms with Gasteiger partial charge in [-0.05, 0) is 43.2 Å². The minimum absolute atomic E-state index is 0.220. The third-order valence-electron chi connectivity index (χ3n) is 5.43. The average molecular weight is 356 g/mol. The van der Waals surface area contributed by atoms with Gasteiger partial charge in [-0.2, -0.15) is 0 Å². The zero-order valence-corrected chi connectivity index (χ0v) is 15.4. The largest absolute Gasteiger partial charge is 0.467 e. The molecule has 2 heterocycles. The van der Waals surface area contributed by atoms with Gasteiger partial charge < -0.3 is 14.4 Å². The van der Waals surface area contributed by atoms with Crippen LogP contribution in [0.4, 0.5) is 10.1 Å². The number of benzene rings is 2. The highest BCUT2D eigenvalue weighted by molar-refractivity contribution is 5.56. The lowest BCUT2D eigenvalue weighted by molar-refractivity contribution is -0.0177. The molecule has 0 spiro atoms. The van der Waals surface area contributed by atoms with Crippen molar-refractivity contribution >= 4 is 5.69 Å². The summed E-state index contributed by atoms with van der Waals surface area (Å²) in [4.78, 5) is 4.82. The van der Waals surface area contributed by atoms with Crippen LogP contribution in [0.2, 0.25) is 0 Å². The monoisotopic (exact) mass is 356 g/mol. The molecule has 0 saturated carbocycles. The molecule has 2 aromatic carbocycles. The minimum atomic E-state index is -0.220. The maximum atomic E-state index is 13.9. The summed E-state index contributed by atoms with van der Waals surface area (Å²) in [5.41, 5.74) is 5.74. The minimum Gasteiger partial charge on any atom is -0.467 e. The van der Waals surface area contributed by atoms with Crippen LogP contribution >= 0.6 is 0 Å². The quantitative estimate of drug-likeness (QED) is 0.838. The van der Waals surface area contributed by atoms with E-state index >= 15 is 0 Å². The summed E-state index contributed by atoms with van der Waals surface area (Å²) in [5.74, 6) is 0.580. The van der Waals surface area contributed by atoms with Crippen LogP contribution in [0.5, 0.6) is 5.75 Å². The van der Waals surface area contributed by atoms with E-state index in [1.807, 2.05) is 0 Å². The molecule has 4 nitrogen and oxygen atoms in total. The van der Waals surface area contributed by atoms with Crippen LogP contribution < -0.4 is 9.64 Å². The molecule has 0 atom stereocenters. The van der Waals surface area contributed by atoms with Gasteiger partial charge in [0.1, 0.15) is 11.6 Å². The molecule has 2 aliphatic rings. The van der Waals surface area contributed by atoms with Gasteiger partial charge in [-0.25, -0.2) is 4.39 Å². The van der Waals surface area contributed by atoms with Crippen molar-refractivity contribution in [2.45, 2.75) is 27.0 Å². The van der Waals surface area contributed by atoms with Gasteiger partial charge in [0, 0.05) is 49.5 Å². The second-order valence-corrected chi connectivity index (χ2v) is 7.15. The lowest BCUT2D eigenvalue weighted by Crippen LogP contribution is -2.46. The highest BCUT2D eigenvalue weighted by atomic mass is 19.1. The normalized spacial score (nSPS) is 17.7. The van der Waals surface area contributed by atoms with Gasteiger partial charge in [-0.15, -0.1) is 0 Å². The summed E-state index contributed by atoms with van der Waals surface area (Å²) in [7, 11) is 0. The van der Waals surface area contributed by atoms with Gasteiger partial charge >= 0.3 is 0 Å². The number of anilines is 1. The van der Waals surface area contributed by atoms with Crippen LogP contribution in [0, 0.1) is 19.7 Å². The standard InChI is InChI=1S/C21H25FN2O2/c1-15-4-3-5-20(16(15)2)24-8-6-23(7-9-24)12-17-10-19(22)11-18-13-25-14-26-21(17)18/h3-5,10-11H,6-9,12-14H2,1-2H3. The van der Waals surface area contributed by atoms with E-state index in [1.54, 1.807) is 6.07 Å². The summed E-state index contributed by atoms with van der Waals surface area (Å²) in [6.45, 7) is 9.58. The van der Waals surface area contributed by atoms with Gasteiger partial charge in [-0.1, -0.05) is 12.1 Å². The number of halogens is 1. The predicted octanol–water partition coefficient (Wildman–Crippen LogP) is 3.63. The maximum absolute atomic E-state index is 13.9. The van der Waals surface area contributed by atoms with Crippen molar-refractivity contribution in [2.24, 2.45) is 0 Å². The van der Waals surface area contributed by atoms with Crippen molar-refractivity contribution in [3.05, 3.63) is 58.4 Å². The smallest absolute Gasteiger partial charge is 0.189 e. The van der Waals surface area contributed by atoms with Crippen molar-refractivity contribution in [1.82, 2.24) is 4.90 Å². The van der Waals surface area contributed by atoms with Gasteiger partial charge in [0.15, 0.2) is 6.79 Å². The van der Waals surface area contributed by atoms with Crippen molar-refractivity contribution < 1.29 is 13.9 Å². The Morgan fingerprint density at radius 1 is 1.08 bits per heavy atom. The van der Waals surface area contributed by atoms with E-state index in [0.717, 1.165) is 43.1 Å². The fourth-order valence-corrected chi connectivity index (χ4v) is 3.84. The first-order valence-electron chi connectivity index (χ1n) is 9.17. The molecular formula is C21H25FN2O2. The Bertz CT molecular complexity index is 801. The molecule has 0 bridgehead atoms. The van der Waals surface area contributed by atoms with Gasteiger partial charge in [-0.3, -0.25) is 4.90 Å². The molecule has 0 aliphatic carbocycles.